The number of benzene rings is 3. The first-order chi connectivity index (χ1) is 17.0. The van der Waals surface area contributed by atoms with Crippen molar-refractivity contribution in [3.63, 3.8) is 0 Å². The number of hydrogen-bond donors (Lipinski definition) is 0. The number of hydrogen-bond acceptors (Lipinski definition) is 4. The highest BCUT2D eigenvalue weighted by Crippen LogP contribution is 2.28. The smallest absolute Gasteiger partial charge is 0.501 e. The van der Waals surface area contributed by atoms with Gasteiger partial charge < -0.3 is 14.0 Å². The third kappa shape index (κ3) is 7.25. The molecule has 0 amide bonds. The van der Waals surface area contributed by atoms with Crippen molar-refractivity contribution in [1.29, 1.82) is 0 Å². The first-order valence-electron chi connectivity index (χ1n) is 11.4. The fourth-order valence-corrected chi connectivity index (χ4v) is 3.87. The van der Waals surface area contributed by atoms with E-state index in [1.807, 2.05) is 74.5 Å². The molecule has 0 bridgehead atoms. The molecule has 0 saturated heterocycles. The summed E-state index contributed by atoms with van der Waals surface area (Å²) >= 11 is 12.7. The molecule has 178 valence electrons. The second-order valence-electron chi connectivity index (χ2n) is 8.25. The summed E-state index contributed by atoms with van der Waals surface area (Å²) in [4.78, 5) is 4.53. The monoisotopic (exact) mass is 505 g/mol. The van der Waals surface area contributed by atoms with Crippen molar-refractivity contribution in [2.75, 3.05) is 0 Å². The predicted octanol–water partition coefficient (Wildman–Crippen LogP) is 7.84. The van der Waals surface area contributed by atoms with Crippen LogP contribution in [0.15, 0.2) is 91.1 Å². The zero-order valence-electron chi connectivity index (χ0n) is 19.7. The SMILES string of the molecule is Cc1ccc(OB(Oc2ccc(C)c(Cl)c2)OC(CCc2ccccc2)c2ccccn2)cc1Cl. The van der Waals surface area contributed by atoms with Gasteiger partial charge >= 0.3 is 7.32 Å². The molecular weight excluding hydrogens is 480 g/mol. The maximum absolute atomic E-state index is 6.41. The van der Waals surface area contributed by atoms with Gasteiger partial charge in [-0.25, -0.2) is 0 Å². The second-order valence-corrected chi connectivity index (χ2v) is 9.06. The van der Waals surface area contributed by atoms with E-state index in [0.29, 0.717) is 28.0 Å². The van der Waals surface area contributed by atoms with E-state index in [1.165, 1.54) is 5.56 Å². The Hall–Kier alpha value is -2.99. The van der Waals surface area contributed by atoms with Gasteiger partial charge in [0.1, 0.15) is 11.5 Å². The molecule has 0 aliphatic carbocycles. The molecule has 0 spiro atoms. The summed E-state index contributed by atoms with van der Waals surface area (Å²) in [5, 5.41) is 1.20. The summed E-state index contributed by atoms with van der Waals surface area (Å²) in [5.74, 6) is 1.07. The van der Waals surface area contributed by atoms with Crippen LogP contribution in [0.3, 0.4) is 0 Å². The Morgan fingerprint density at radius 3 is 1.91 bits per heavy atom. The van der Waals surface area contributed by atoms with Crippen LogP contribution in [-0.2, 0) is 11.1 Å². The molecule has 0 aliphatic heterocycles. The maximum Gasteiger partial charge on any atom is 0.788 e. The Morgan fingerprint density at radius 2 is 1.37 bits per heavy atom. The molecule has 0 aliphatic rings. The van der Waals surface area contributed by atoms with Gasteiger partial charge in [0.05, 0.1) is 11.8 Å². The molecule has 7 heteroatoms. The Balaban J connectivity index is 1.60. The lowest BCUT2D eigenvalue weighted by molar-refractivity contribution is 0.120. The normalized spacial score (nSPS) is 11.7. The standard InChI is InChI=1S/C28H26BCl2NO3/c1-20-11-14-23(18-25(20)30)33-29(34-24-15-12-21(2)26(31)19-24)35-28(27-10-6-7-17-32-27)16-13-22-8-4-3-5-9-22/h3-12,14-15,17-19,28H,13,16H2,1-2H3. The van der Waals surface area contributed by atoms with E-state index in [2.05, 4.69) is 17.1 Å². The zero-order chi connectivity index (χ0) is 24.6. The van der Waals surface area contributed by atoms with Gasteiger partial charge in [-0.15, -0.1) is 0 Å². The van der Waals surface area contributed by atoms with E-state index in [9.17, 15) is 0 Å². The molecule has 3 aromatic carbocycles. The van der Waals surface area contributed by atoms with E-state index in [4.69, 9.17) is 37.2 Å². The molecule has 4 nitrogen and oxygen atoms in total. The van der Waals surface area contributed by atoms with E-state index in [0.717, 1.165) is 23.2 Å². The highest BCUT2D eigenvalue weighted by atomic mass is 35.5. The molecule has 0 fully saturated rings. The Labute approximate surface area is 217 Å². The van der Waals surface area contributed by atoms with Crippen molar-refractivity contribution in [3.05, 3.63) is 124 Å². The highest BCUT2D eigenvalue weighted by Gasteiger charge is 2.33. The van der Waals surface area contributed by atoms with E-state index >= 15 is 0 Å². The molecule has 4 rings (SSSR count). The van der Waals surface area contributed by atoms with Crippen LogP contribution in [0.2, 0.25) is 10.0 Å². The van der Waals surface area contributed by atoms with Crippen LogP contribution in [-0.4, -0.2) is 12.3 Å². The van der Waals surface area contributed by atoms with Gasteiger partial charge in [-0.3, -0.25) is 4.98 Å². The summed E-state index contributed by atoms with van der Waals surface area (Å²) in [6.45, 7) is 3.87. The van der Waals surface area contributed by atoms with Gasteiger partial charge in [0, 0.05) is 16.2 Å². The summed E-state index contributed by atoms with van der Waals surface area (Å²) in [6.07, 6.45) is 2.88. The first-order valence-corrected chi connectivity index (χ1v) is 12.2. The second kappa shape index (κ2) is 12.1. The van der Waals surface area contributed by atoms with E-state index in [-0.39, 0.29) is 6.10 Å². The van der Waals surface area contributed by atoms with Crippen LogP contribution in [0.4, 0.5) is 0 Å². The minimum atomic E-state index is -1.06. The average Bonchev–Trinajstić information content (AvgIpc) is 2.87. The number of pyridine rings is 1. The van der Waals surface area contributed by atoms with Crippen molar-refractivity contribution in [2.24, 2.45) is 0 Å². The minimum absolute atomic E-state index is 0.372. The van der Waals surface area contributed by atoms with Gasteiger partial charge in [0.25, 0.3) is 0 Å². The predicted molar refractivity (Wildman–Crippen MR) is 142 cm³/mol. The van der Waals surface area contributed by atoms with E-state index in [1.54, 1.807) is 18.3 Å². The summed E-state index contributed by atoms with van der Waals surface area (Å²) in [6, 6.07) is 27.0. The van der Waals surface area contributed by atoms with Crippen LogP contribution in [0, 0.1) is 13.8 Å². The fraction of sp³-hybridized carbons (Fsp3) is 0.179. The van der Waals surface area contributed by atoms with Crippen LogP contribution in [0.5, 0.6) is 11.5 Å². The fourth-order valence-electron chi connectivity index (χ4n) is 3.52. The summed E-state index contributed by atoms with van der Waals surface area (Å²) in [7, 11) is -1.06. The Bertz CT molecular complexity index is 1190. The lowest BCUT2D eigenvalue weighted by Crippen LogP contribution is -2.35. The van der Waals surface area contributed by atoms with Gasteiger partial charge in [-0.05, 0) is 79.8 Å². The van der Waals surface area contributed by atoms with Gasteiger partial charge in [0.2, 0.25) is 0 Å². The molecule has 1 atom stereocenters. The average molecular weight is 506 g/mol. The third-order valence-electron chi connectivity index (χ3n) is 5.58. The van der Waals surface area contributed by atoms with Crippen molar-refractivity contribution in [3.8, 4) is 11.5 Å². The van der Waals surface area contributed by atoms with E-state index < -0.39 is 7.32 Å². The number of rotatable bonds is 10. The number of nitrogens with zero attached hydrogens (tertiary/aromatic N) is 1. The molecular formula is C28H26BCl2NO3. The van der Waals surface area contributed by atoms with Gasteiger partial charge in [-0.1, -0.05) is 71.7 Å². The lowest BCUT2D eigenvalue weighted by Gasteiger charge is -2.23. The van der Waals surface area contributed by atoms with Crippen LogP contribution < -0.4 is 9.31 Å². The minimum Gasteiger partial charge on any atom is -0.501 e. The summed E-state index contributed by atoms with van der Waals surface area (Å²) < 4.78 is 18.7. The molecule has 0 N–H and O–H groups in total. The Morgan fingerprint density at radius 1 is 0.771 bits per heavy atom. The number of halogens is 2. The van der Waals surface area contributed by atoms with Crippen LogP contribution >= 0.6 is 23.2 Å². The molecule has 1 heterocycles. The molecule has 0 radical (unpaired) electrons. The highest BCUT2D eigenvalue weighted by molar-refractivity contribution is 6.39. The van der Waals surface area contributed by atoms with Crippen molar-refractivity contribution in [2.45, 2.75) is 32.8 Å². The molecule has 4 aromatic rings. The van der Waals surface area contributed by atoms with Crippen LogP contribution in [0.1, 0.15) is 34.9 Å². The number of aryl methyl sites for hydroxylation is 3. The van der Waals surface area contributed by atoms with Crippen molar-refractivity contribution >= 4 is 30.5 Å². The third-order valence-corrected chi connectivity index (χ3v) is 6.40. The Kier molecular flexibility index (Phi) is 8.70. The van der Waals surface area contributed by atoms with Crippen molar-refractivity contribution in [1.82, 2.24) is 4.98 Å². The molecule has 35 heavy (non-hydrogen) atoms. The van der Waals surface area contributed by atoms with Gasteiger partial charge in [-0.2, -0.15) is 0 Å². The summed E-state index contributed by atoms with van der Waals surface area (Å²) in [5.41, 5.74) is 3.92. The molecule has 1 unspecified atom stereocenters. The first kappa shape index (κ1) is 25.1. The molecule has 1 aromatic heterocycles. The quantitative estimate of drug-likeness (QED) is 0.206. The number of aromatic nitrogens is 1. The maximum atomic E-state index is 6.41. The van der Waals surface area contributed by atoms with Gasteiger partial charge in [0.15, 0.2) is 0 Å². The molecule has 0 saturated carbocycles. The zero-order valence-corrected chi connectivity index (χ0v) is 21.2. The van der Waals surface area contributed by atoms with Crippen molar-refractivity contribution < 1.29 is 14.0 Å². The lowest BCUT2D eigenvalue weighted by atomic mass is 10.0. The topological polar surface area (TPSA) is 40.6 Å². The largest absolute Gasteiger partial charge is 0.788 e. The van der Waals surface area contributed by atoms with Crippen LogP contribution in [0.25, 0.3) is 0 Å².